The number of carbonyl (C=O) groups is 1. The summed E-state index contributed by atoms with van der Waals surface area (Å²) in [6, 6.07) is 9.10. The number of ether oxygens (including phenoxy) is 1. The lowest BCUT2D eigenvalue weighted by Crippen LogP contribution is -2.39. The first kappa shape index (κ1) is 12.9. The van der Waals surface area contributed by atoms with Gasteiger partial charge in [0.25, 0.3) is 0 Å². The number of anilines is 1. The lowest BCUT2D eigenvalue weighted by molar-refractivity contribution is -0.126. The molecule has 0 aromatic heterocycles. The van der Waals surface area contributed by atoms with E-state index >= 15 is 0 Å². The van der Waals surface area contributed by atoms with Gasteiger partial charge in [-0.3, -0.25) is 4.79 Å². The minimum atomic E-state index is -1.00. The van der Waals surface area contributed by atoms with E-state index in [1.54, 1.807) is 24.3 Å². The largest absolute Gasteiger partial charge is 0.381 e. The van der Waals surface area contributed by atoms with Crippen LogP contribution in [0.5, 0.6) is 0 Å². The number of nitrogens with zero attached hydrogens (tertiary/aromatic N) is 1. The van der Waals surface area contributed by atoms with Crippen LogP contribution in [-0.4, -0.2) is 19.1 Å². The van der Waals surface area contributed by atoms with E-state index in [4.69, 9.17) is 16.3 Å². The van der Waals surface area contributed by atoms with Crippen LogP contribution in [0.2, 0.25) is 5.02 Å². The monoisotopic (exact) mass is 264 g/mol. The molecule has 1 N–H and O–H groups in total. The Kier molecular flexibility index (Phi) is 3.85. The number of para-hydroxylation sites is 1. The zero-order valence-electron chi connectivity index (χ0n) is 9.78. The smallest absolute Gasteiger partial charge is 0.245 e. The van der Waals surface area contributed by atoms with Gasteiger partial charge in [0.15, 0.2) is 0 Å². The van der Waals surface area contributed by atoms with Crippen molar-refractivity contribution >= 4 is 23.2 Å². The Balaban J connectivity index is 2.16. The van der Waals surface area contributed by atoms with Crippen LogP contribution in [0.15, 0.2) is 24.3 Å². The molecule has 1 aromatic carbocycles. The summed E-state index contributed by atoms with van der Waals surface area (Å²) in [5, 5.41) is 12.4. The van der Waals surface area contributed by atoms with E-state index in [0.29, 0.717) is 36.8 Å². The number of nitrogens with one attached hydrogen (secondary N) is 1. The third-order valence-electron chi connectivity index (χ3n) is 3.12. The van der Waals surface area contributed by atoms with Crippen LogP contribution in [0.25, 0.3) is 0 Å². The fraction of sp³-hybridized carbons (Fsp3) is 0.385. The third kappa shape index (κ3) is 2.47. The van der Waals surface area contributed by atoms with Gasteiger partial charge in [-0.15, -0.1) is 0 Å². The molecule has 5 heteroatoms. The van der Waals surface area contributed by atoms with Gasteiger partial charge < -0.3 is 10.1 Å². The van der Waals surface area contributed by atoms with Gasteiger partial charge in [-0.25, -0.2) is 0 Å². The molecule has 0 saturated carbocycles. The average molecular weight is 265 g/mol. The number of halogens is 1. The molecule has 4 nitrogen and oxygen atoms in total. The summed E-state index contributed by atoms with van der Waals surface area (Å²) >= 11 is 5.97. The number of rotatable bonds is 2. The van der Waals surface area contributed by atoms with Crippen molar-refractivity contribution in [2.24, 2.45) is 5.41 Å². The highest BCUT2D eigenvalue weighted by Gasteiger charge is 2.40. The van der Waals surface area contributed by atoms with Crippen molar-refractivity contribution in [3.05, 3.63) is 29.3 Å². The first-order chi connectivity index (χ1) is 8.68. The summed E-state index contributed by atoms with van der Waals surface area (Å²) < 4.78 is 5.19. The van der Waals surface area contributed by atoms with E-state index < -0.39 is 5.41 Å². The fourth-order valence-corrected chi connectivity index (χ4v) is 2.10. The lowest BCUT2D eigenvalue weighted by Gasteiger charge is -2.29. The number of amides is 1. The molecule has 0 bridgehead atoms. The molecular weight excluding hydrogens is 252 g/mol. The second-order valence-electron chi connectivity index (χ2n) is 4.24. The minimum absolute atomic E-state index is 0.304. The maximum atomic E-state index is 12.2. The topological polar surface area (TPSA) is 62.1 Å². The van der Waals surface area contributed by atoms with Gasteiger partial charge in [-0.2, -0.15) is 5.26 Å². The Bertz CT molecular complexity index is 490. The summed E-state index contributed by atoms with van der Waals surface area (Å²) in [4.78, 5) is 12.2. The quantitative estimate of drug-likeness (QED) is 0.893. The molecule has 94 valence electrons. The molecule has 0 unspecified atom stereocenters. The molecule has 0 spiro atoms. The van der Waals surface area contributed by atoms with Crippen LogP contribution >= 0.6 is 11.6 Å². The number of hydrogen-bond donors (Lipinski definition) is 1. The molecule has 1 saturated heterocycles. The van der Waals surface area contributed by atoms with Gasteiger partial charge in [0.1, 0.15) is 5.41 Å². The van der Waals surface area contributed by atoms with Crippen LogP contribution in [-0.2, 0) is 9.53 Å². The maximum absolute atomic E-state index is 12.2. The molecule has 0 radical (unpaired) electrons. The number of benzene rings is 1. The maximum Gasteiger partial charge on any atom is 0.245 e. The van der Waals surface area contributed by atoms with Gasteiger partial charge in [0.05, 0.1) is 16.8 Å². The Labute approximate surface area is 111 Å². The van der Waals surface area contributed by atoms with Crippen molar-refractivity contribution < 1.29 is 9.53 Å². The van der Waals surface area contributed by atoms with Crippen molar-refractivity contribution in [3.8, 4) is 6.07 Å². The standard InChI is InChI=1S/C13H13ClN2O2/c14-10-3-1-2-4-11(10)16-12(17)13(9-15)5-7-18-8-6-13/h1-4H,5-8H2,(H,16,17). The van der Waals surface area contributed by atoms with Gasteiger partial charge in [-0.1, -0.05) is 23.7 Å². The summed E-state index contributed by atoms with van der Waals surface area (Å²) in [5.41, 5.74) is -0.470. The molecule has 1 fully saturated rings. The highest BCUT2D eigenvalue weighted by molar-refractivity contribution is 6.33. The lowest BCUT2D eigenvalue weighted by atomic mass is 9.81. The van der Waals surface area contributed by atoms with Gasteiger partial charge in [0, 0.05) is 13.2 Å². The van der Waals surface area contributed by atoms with Crippen molar-refractivity contribution in [2.45, 2.75) is 12.8 Å². The Hall–Kier alpha value is -1.57. The van der Waals surface area contributed by atoms with Gasteiger partial charge >= 0.3 is 0 Å². The molecule has 0 aliphatic carbocycles. The Morgan fingerprint density at radius 1 is 1.39 bits per heavy atom. The zero-order chi connectivity index (χ0) is 13.0. The summed E-state index contributed by atoms with van der Waals surface area (Å²) in [6.45, 7) is 0.868. The second-order valence-corrected chi connectivity index (χ2v) is 4.65. The molecular formula is C13H13ClN2O2. The highest BCUT2D eigenvalue weighted by atomic mass is 35.5. The predicted molar refractivity (Wildman–Crippen MR) is 68.2 cm³/mol. The first-order valence-electron chi connectivity index (χ1n) is 5.73. The van der Waals surface area contributed by atoms with Crippen LogP contribution in [0.1, 0.15) is 12.8 Å². The average Bonchev–Trinajstić information content (AvgIpc) is 2.42. The van der Waals surface area contributed by atoms with E-state index in [1.165, 1.54) is 0 Å². The van der Waals surface area contributed by atoms with E-state index in [-0.39, 0.29) is 5.91 Å². The van der Waals surface area contributed by atoms with E-state index in [2.05, 4.69) is 11.4 Å². The number of hydrogen-bond acceptors (Lipinski definition) is 3. The predicted octanol–water partition coefficient (Wildman–Crippen LogP) is 2.60. The van der Waals surface area contributed by atoms with Crippen LogP contribution in [0.4, 0.5) is 5.69 Å². The molecule has 1 heterocycles. The van der Waals surface area contributed by atoms with Crippen LogP contribution < -0.4 is 5.32 Å². The number of carbonyl (C=O) groups excluding carboxylic acids is 1. The SMILES string of the molecule is N#CC1(C(=O)Nc2ccccc2Cl)CCOCC1. The highest BCUT2D eigenvalue weighted by Crippen LogP contribution is 2.32. The van der Waals surface area contributed by atoms with E-state index in [1.807, 2.05) is 0 Å². The van der Waals surface area contributed by atoms with E-state index in [0.717, 1.165) is 0 Å². The van der Waals surface area contributed by atoms with Gasteiger partial charge in [0.2, 0.25) is 5.91 Å². The fourth-order valence-electron chi connectivity index (χ4n) is 1.91. The molecule has 2 rings (SSSR count). The molecule has 1 aliphatic heterocycles. The van der Waals surface area contributed by atoms with Gasteiger partial charge in [-0.05, 0) is 25.0 Å². The number of nitriles is 1. The molecule has 18 heavy (non-hydrogen) atoms. The summed E-state index contributed by atoms with van der Waals surface area (Å²) in [7, 11) is 0. The van der Waals surface area contributed by atoms with E-state index in [9.17, 15) is 10.1 Å². The minimum Gasteiger partial charge on any atom is -0.381 e. The van der Waals surface area contributed by atoms with Crippen molar-refractivity contribution in [3.63, 3.8) is 0 Å². The normalized spacial score (nSPS) is 17.8. The van der Waals surface area contributed by atoms with Crippen molar-refractivity contribution in [2.75, 3.05) is 18.5 Å². The first-order valence-corrected chi connectivity index (χ1v) is 6.11. The van der Waals surface area contributed by atoms with Crippen LogP contribution in [0, 0.1) is 16.7 Å². The Morgan fingerprint density at radius 3 is 2.67 bits per heavy atom. The molecule has 1 aromatic rings. The summed E-state index contributed by atoms with van der Waals surface area (Å²) in [5.74, 6) is -0.304. The Morgan fingerprint density at radius 2 is 2.06 bits per heavy atom. The second kappa shape index (κ2) is 5.38. The summed E-state index contributed by atoms with van der Waals surface area (Å²) in [6.07, 6.45) is 0.833. The third-order valence-corrected chi connectivity index (χ3v) is 3.45. The molecule has 1 aliphatic rings. The van der Waals surface area contributed by atoms with Crippen LogP contribution in [0.3, 0.4) is 0 Å². The molecule has 0 atom stereocenters. The van der Waals surface area contributed by atoms with Crippen molar-refractivity contribution in [1.29, 1.82) is 5.26 Å². The van der Waals surface area contributed by atoms with Crippen molar-refractivity contribution in [1.82, 2.24) is 0 Å². The zero-order valence-corrected chi connectivity index (χ0v) is 10.5. The molecule has 1 amide bonds.